The Labute approximate surface area is 117 Å². The fraction of sp³-hybridized carbons (Fsp3) is 0.385. The van der Waals surface area contributed by atoms with E-state index < -0.39 is 5.91 Å². The minimum Gasteiger partial charge on any atom is -0.507 e. The number of carbonyl (C=O) groups excluding carboxylic acids is 2. The Bertz CT molecular complexity index is 477. The standard InChI is InChI=1S/C13H17ClN2O3/c1-3-6-15-12(18)8-16(2)13(19)10-5-4-9(14)7-11(10)17/h4-5,7,17H,3,6,8H2,1-2H3,(H,15,18). The molecule has 0 spiro atoms. The molecule has 0 bridgehead atoms. The predicted molar refractivity (Wildman–Crippen MR) is 73.4 cm³/mol. The third kappa shape index (κ3) is 4.44. The number of halogens is 1. The summed E-state index contributed by atoms with van der Waals surface area (Å²) in [6.45, 7) is 2.47. The summed E-state index contributed by atoms with van der Waals surface area (Å²) in [6.07, 6.45) is 0.835. The minimum absolute atomic E-state index is 0.0547. The van der Waals surface area contributed by atoms with E-state index in [1.165, 1.54) is 30.1 Å². The van der Waals surface area contributed by atoms with E-state index in [0.717, 1.165) is 6.42 Å². The number of aromatic hydroxyl groups is 1. The molecule has 0 atom stereocenters. The summed E-state index contributed by atoms with van der Waals surface area (Å²) in [5.74, 6) is -0.856. The van der Waals surface area contributed by atoms with Gasteiger partial charge in [-0.2, -0.15) is 0 Å². The first-order valence-electron chi connectivity index (χ1n) is 5.96. The molecule has 104 valence electrons. The van der Waals surface area contributed by atoms with Crippen molar-refractivity contribution in [3.63, 3.8) is 0 Å². The number of amides is 2. The smallest absolute Gasteiger partial charge is 0.257 e. The average Bonchev–Trinajstić information content (AvgIpc) is 2.35. The van der Waals surface area contributed by atoms with Gasteiger partial charge in [0.1, 0.15) is 5.75 Å². The van der Waals surface area contributed by atoms with Gasteiger partial charge in [-0.05, 0) is 24.6 Å². The predicted octanol–water partition coefficient (Wildman–Crippen LogP) is 1.64. The molecule has 0 saturated carbocycles. The summed E-state index contributed by atoms with van der Waals surface area (Å²) >= 11 is 5.69. The van der Waals surface area contributed by atoms with Gasteiger partial charge in [0.25, 0.3) is 5.91 Å². The highest BCUT2D eigenvalue weighted by Gasteiger charge is 2.17. The van der Waals surface area contributed by atoms with E-state index in [-0.39, 0.29) is 23.8 Å². The van der Waals surface area contributed by atoms with Gasteiger partial charge in [0.15, 0.2) is 0 Å². The van der Waals surface area contributed by atoms with Gasteiger partial charge in [0.2, 0.25) is 5.91 Å². The molecule has 1 aromatic carbocycles. The number of hydrogen-bond acceptors (Lipinski definition) is 3. The van der Waals surface area contributed by atoms with Gasteiger partial charge in [-0.15, -0.1) is 0 Å². The SMILES string of the molecule is CCCNC(=O)CN(C)C(=O)c1ccc(Cl)cc1O. The largest absolute Gasteiger partial charge is 0.507 e. The maximum absolute atomic E-state index is 12.0. The van der Waals surface area contributed by atoms with Crippen molar-refractivity contribution in [2.75, 3.05) is 20.1 Å². The van der Waals surface area contributed by atoms with Crippen LogP contribution < -0.4 is 5.32 Å². The molecule has 2 amide bonds. The van der Waals surface area contributed by atoms with E-state index in [1.807, 2.05) is 6.92 Å². The fourth-order valence-electron chi connectivity index (χ4n) is 1.50. The van der Waals surface area contributed by atoms with Gasteiger partial charge in [-0.25, -0.2) is 0 Å². The number of benzene rings is 1. The molecule has 6 heteroatoms. The molecule has 5 nitrogen and oxygen atoms in total. The fourth-order valence-corrected chi connectivity index (χ4v) is 1.67. The Morgan fingerprint density at radius 3 is 2.68 bits per heavy atom. The van der Waals surface area contributed by atoms with Crippen LogP contribution in [0.5, 0.6) is 5.75 Å². The van der Waals surface area contributed by atoms with Gasteiger partial charge in [0.05, 0.1) is 12.1 Å². The van der Waals surface area contributed by atoms with E-state index in [4.69, 9.17) is 11.6 Å². The van der Waals surface area contributed by atoms with Gasteiger partial charge in [0, 0.05) is 18.6 Å². The van der Waals surface area contributed by atoms with E-state index in [1.54, 1.807) is 0 Å². The number of hydrogen-bond donors (Lipinski definition) is 2. The van der Waals surface area contributed by atoms with E-state index in [2.05, 4.69) is 5.32 Å². The van der Waals surface area contributed by atoms with Crippen LogP contribution in [-0.4, -0.2) is 42.0 Å². The van der Waals surface area contributed by atoms with Crippen molar-refractivity contribution in [1.82, 2.24) is 10.2 Å². The zero-order chi connectivity index (χ0) is 14.4. The molecule has 1 aromatic rings. The maximum atomic E-state index is 12.0. The van der Waals surface area contributed by atoms with Crippen molar-refractivity contribution in [3.05, 3.63) is 28.8 Å². The third-order valence-electron chi connectivity index (χ3n) is 2.49. The van der Waals surface area contributed by atoms with Crippen molar-refractivity contribution in [1.29, 1.82) is 0 Å². The monoisotopic (exact) mass is 284 g/mol. The summed E-state index contributed by atoms with van der Waals surface area (Å²) in [6, 6.07) is 4.24. The lowest BCUT2D eigenvalue weighted by Gasteiger charge is -2.17. The molecule has 0 fully saturated rings. The molecular weight excluding hydrogens is 268 g/mol. The van der Waals surface area contributed by atoms with Crippen LogP contribution in [0, 0.1) is 0 Å². The highest BCUT2D eigenvalue weighted by Crippen LogP contribution is 2.22. The Morgan fingerprint density at radius 2 is 2.11 bits per heavy atom. The van der Waals surface area contributed by atoms with Crippen LogP contribution >= 0.6 is 11.6 Å². The van der Waals surface area contributed by atoms with Crippen LogP contribution in [0.4, 0.5) is 0 Å². The number of likely N-dealkylation sites (N-methyl/N-ethyl adjacent to an activating group) is 1. The lowest BCUT2D eigenvalue weighted by atomic mass is 10.2. The van der Waals surface area contributed by atoms with Crippen molar-refractivity contribution < 1.29 is 14.7 Å². The Balaban J connectivity index is 2.69. The van der Waals surface area contributed by atoms with Crippen molar-refractivity contribution >= 4 is 23.4 Å². The topological polar surface area (TPSA) is 69.6 Å². The first kappa shape index (κ1) is 15.3. The second-order valence-corrected chi connectivity index (χ2v) is 4.61. The van der Waals surface area contributed by atoms with Crippen LogP contribution in [0.1, 0.15) is 23.7 Å². The molecule has 0 aromatic heterocycles. The first-order valence-corrected chi connectivity index (χ1v) is 6.34. The van der Waals surface area contributed by atoms with Gasteiger partial charge in [-0.1, -0.05) is 18.5 Å². The number of nitrogens with zero attached hydrogens (tertiary/aromatic N) is 1. The van der Waals surface area contributed by atoms with Crippen LogP contribution in [0.15, 0.2) is 18.2 Å². The normalized spacial score (nSPS) is 10.1. The molecule has 1 rings (SSSR count). The lowest BCUT2D eigenvalue weighted by molar-refractivity contribution is -0.121. The second-order valence-electron chi connectivity index (χ2n) is 4.17. The number of phenolic OH excluding ortho intramolecular Hbond substituents is 1. The number of carbonyl (C=O) groups is 2. The molecule has 0 aliphatic rings. The van der Waals surface area contributed by atoms with E-state index in [9.17, 15) is 14.7 Å². The van der Waals surface area contributed by atoms with Crippen molar-refractivity contribution in [2.24, 2.45) is 0 Å². The van der Waals surface area contributed by atoms with Crippen LogP contribution in [-0.2, 0) is 4.79 Å². The molecule has 2 N–H and O–H groups in total. The molecule has 0 unspecified atom stereocenters. The highest BCUT2D eigenvalue weighted by molar-refractivity contribution is 6.30. The van der Waals surface area contributed by atoms with Crippen molar-refractivity contribution in [2.45, 2.75) is 13.3 Å². The Morgan fingerprint density at radius 1 is 1.42 bits per heavy atom. The Kier molecular flexibility index (Phi) is 5.63. The number of phenols is 1. The van der Waals surface area contributed by atoms with Gasteiger partial charge < -0.3 is 15.3 Å². The second kappa shape index (κ2) is 6.99. The van der Waals surface area contributed by atoms with Crippen LogP contribution in [0.2, 0.25) is 5.02 Å². The zero-order valence-corrected chi connectivity index (χ0v) is 11.7. The summed E-state index contributed by atoms with van der Waals surface area (Å²) in [7, 11) is 1.50. The summed E-state index contributed by atoms with van der Waals surface area (Å²) in [5.41, 5.74) is 0.121. The summed E-state index contributed by atoms with van der Waals surface area (Å²) in [5, 5.41) is 12.7. The van der Waals surface area contributed by atoms with Crippen LogP contribution in [0.3, 0.4) is 0 Å². The summed E-state index contributed by atoms with van der Waals surface area (Å²) < 4.78 is 0. The van der Waals surface area contributed by atoms with E-state index >= 15 is 0 Å². The molecule has 0 heterocycles. The number of rotatable bonds is 5. The van der Waals surface area contributed by atoms with E-state index in [0.29, 0.717) is 11.6 Å². The lowest BCUT2D eigenvalue weighted by Crippen LogP contribution is -2.38. The van der Waals surface area contributed by atoms with Gasteiger partial charge in [-0.3, -0.25) is 9.59 Å². The minimum atomic E-state index is -0.430. The van der Waals surface area contributed by atoms with Gasteiger partial charge >= 0.3 is 0 Å². The maximum Gasteiger partial charge on any atom is 0.257 e. The molecule has 0 aliphatic heterocycles. The molecule has 0 saturated heterocycles. The quantitative estimate of drug-likeness (QED) is 0.864. The average molecular weight is 285 g/mol. The Hall–Kier alpha value is -1.75. The molecule has 19 heavy (non-hydrogen) atoms. The first-order chi connectivity index (χ1) is 8.95. The molecule has 0 aliphatic carbocycles. The number of nitrogens with one attached hydrogen (secondary N) is 1. The van der Waals surface area contributed by atoms with Crippen LogP contribution in [0.25, 0.3) is 0 Å². The summed E-state index contributed by atoms with van der Waals surface area (Å²) in [4.78, 5) is 24.8. The third-order valence-corrected chi connectivity index (χ3v) is 2.72. The zero-order valence-electron chi connectivity index (χ0n) is 10.9. The molecular formula is C13H17ClN2O3. The van der Waals surface area contributed by atoms with Crippen molar-refractivity contribution in [3.8, 4) is 5.75 Å². The molecule has 0 radical (unpaired) electrons. The highest BCUT2D eigenvalue weighted by atomic mass is 35.5.